The predicted molar refractivity (Wildman–Crippen MR) is 72.0 cm³/mol. The normalized spacial score (nSPS) is 11.5. The number of hydrogen-bond acceptors (Lipinski definition) is 2. The van der Waals surface area contributed by atoms with Crippen LogP contribution in [0, 0.1) is 11.3 Å². The lowest BCUT2D eigenvalue weighted by Gasteiger charge is -2.25. The molecule has 0 bridgehead atoms. The zero-order chi connectivity index (χ0) is 12.9. The van der Waals surface area contributed by atoms with Gasteiger partial charge in [-0.25, -0.2) is 0 Å². The van der Waals surface area contributed by atoms with E-state index < -0.39 is 0 Å². The van der Waals surface area contributed by atoms with Crippen LogP contribution >= 0.6 is 0 Å². The first-order chi connectivity index (χ1) is 7.97. The number of nitrogens with zero attached hydrogens (tertiary/aromatic N) is 1. The maximum absolute atomic E-state index is 8.52. The van der Waals surface area contributed by atoms with Gasteiger partial charge in [-0.05, 0) is 17.0 Å². The van der Waals surface area contributed by atoms with Crippen LogP contribution in [0.4, 0.5) is 0 Å². The maximum atomic E-state index is 8.52. The SMILES string of the molecule is CC(C)c1ccc(C(C)(C)CNCC#N)cc1. The van der Waals surface area contributed by atoms with E-state index in [1.54, 1.807) is 0 Å². The molecule has 1 aromatic rings. The van der Waals surface area contributed by atoms with E-state index in [4.69, 9.17) is 5.26 Å². The molecule has 17 heavy (non-hydrogen) atoms. The first-order valence-electron chi connectivity index (χ1n) is 6.15. The van der Waals surface area contributed by atoms with Crippen molar-refractivity contribution in [3.05, 3.63) is 35.4 Å². The van der Waals surface area contributed by atoms with Gasteiger partial charge in [0.2, 0.25) is 0 Å². The summed E-state index contributed by atoms with van der Waals surface area (Å²) < 4.78 is 0. The Morgan fingerprint density at radius 1 is 1.24 bits per heavy atom. The molecule has 0 amide bonds. The molecule has 1 N–H and O–H groups in total. The van der Waals surface area contributed by atoms with Gasteiger partial charge in [-0.1, -0.05) is 52.0 Å². The summed E-state index contributed by atoms with van der Waals surface area (Å²) in [6.45, 7) is 10.0. The molecule has 2 heteroatoms. The molecule has 0 spiro atoms. The van der Waals surface area contributed by atoms with Crippen molar-refractivity contribution in [3.63, 3.8) is 0 Å². The largest absolute Gasteiger partial charge is 0.304 e. The monoisotopic (exact) mass is 230 g/mol. The first kappa shape index (κ1) is 13.7. The second-order valence-corrected chi connectivity index (χ2v) is 5.42. The van der Waals surface area contributed by atoms with Crippen LogP contribution < -0.4 is 5.32 Å². The second-order valence-electron chi connectivity index (χ2n) is 5.42. The number of rotatable bonds is 5. The van der Waals surface area contributed by atoms with Gasteiger partial charge in [-0.15, -0.1) is 0 Å². The molecule has 0 aliphatic heterocycles. The van der Waals surface area contributed by atoms with Crippen molar-refractivity contribution >= 4 is 0 Å². The molecule has 2 nitrogen and oxygen atoms in total. The predicted octanol–water partition coefficient (Wildman–Crippen LogP) is 3.20. The van der Waals surface area contributed by atoms with Crippen LogP contribution in [0.15, 0.2) is 24.3 Å². The average Bonchev–Trinajstić information content (AvgIpc) is 2.29. The van der Waals surface area contributed by atoms with E-state index in [2.05, 4.69) is 63.3 Å². The van der Waals surface area contributed by atoms with E-state index in [-0.39, 0.29) is 5.41 Å². The number of nitriles is 1. The van der Waals surface area contributed by atoms with Crippen molar-refractivity contribution in [2.24, 2.45) is 0 Å². The lowest BCUT2D eigenvalue weighted by molar-refractivity contribution is 0.484. The molecule has 0 radical (unpaired) electrons. The lowest BCUT2D eigenvalue weighted by atomic mass is 9.83. The standard InChI is InChI=1S/C15H22N2/c1-12(2)13-5-7-14(8-6-13)15(3,4)11-17-10-9-16/h5-8,12,17H,10-11H2,1-4H3. The highest BCUT2D eigenvalue weighted by molar-refractivity contribution is 5.29. The van der Waals surface area contributed by atoms with Crippen molar-refractivity contribution < 1.29 is 0 Å². The Bertz CT molecular complexity index is 382. The third-order valence-electron chi connectivity index (χ3n) is 3.13. The highest BCUT2D eigenvalue weighted by Crippen LogP contribution is 2.24. The van der Waals surface area contributed by atoms with Gasteiger partial charge in [0.15, 0.2) is 0 Å². The molecule has 0 aliphatic rings. The summed E-state index contributed by atoms with van der Waals surface area (Å²) in [7, 11) is 0. The van der Waals surface area contributed by atoms with Crippen molar-refractivity contribution in [1.82, 2.24) is 5.32 Å². The summed E-state index contributed by atoms with van der Waals surface area (Å²) in [6.07, 6.45) is 0. The van der Waals surface area contributed by atoms with Crippen LogP contribution in [0.5, 0.6) is 0 Å². The Kier molecular flexibility index (Phi) is 4.72. The van der Waals surface area contributed by atoms with Crippen molar-refractivity contribution in [2.75, 3.05) is 13.1 Å². The summed E-state index contributed by atoms with van der Waals surface area (Å²) in [5.74, 6) is 0.573. The minimum Gasteiger partial charge on any atom is -0.304 e. The smallest absolute Gasteiger partial charge is 0.0841 e. The van der Waals surface area contributed by atoms with E-state index in [1.807, 2.05) is 0 Å². The molecule has 1 rings (SSSR count). The summed E-state index contributed by atoms with van der Waals surface area (Å²) in [5, 5.41) is 11.7. The highest BCUT2D eigenvalue weighted by atomic mass is 14.9. The fraction of sp³-hybridized carbons (Fsp3) is 0.533. The molecular formula is C15H22N2. The highest BCUT2D eigenvalue weighted by Gasteiger charge is 2.19. The quantitative estimate of drug-likeness (QED) is 0.623. The van der Waals surface area contributed by atoms with Gasteiger partial charge >= 0.3 is 0 Å². The van der Waals surface area contributed by atoms with E-state index in [1.165, 1.54) is 11.1 Å². The zero-order valence-corrected chi connectivity index (χ0v) is 11.2. The molecule has 0 aliphatic carbocycles. The van der Waals surface area contributed by atoms with E-state index in [9.17, 15) is 0 Å². The summed E-state index contributed by atoms with van der Waals surface area (Å²) in [6, 6.07) is 10.9. The molecule has 0 fully saturated rings. The van der Waals surface area contributed by atoms with E-state index >= 15 is 0 Å². The number of benzene rings is 1. The van der Waals surface area contributed by atoms with E-state index in [0.717, 1.165) is 6.54 Å². The Balaban J connectivity index is 2.74. The third kappa shape index (κ3) is 3.87. The summed E-state index contributed by atoms with van der Waals surface area (Å²) in [5.41, 5.74) is 2.74. The van der Waals surface area contributed by atoms with Gasteiger partial charge in [0.1, 0.15) is 0 Å². The van der Waals surface area contributed by atoms with Gasteiger partial charge in [-0.2, -0.15) is 5.26 Å². The minimum absolute atomic E-state index is 0.0619. The summed E-state index contributed by atoms with van der Waals surface area (Å²) >= 11 is 0. The van der Waals surface area contributed by atoms with Crippen LogP contribution in [0.25, 0.3) is 0 Å². The van der Waals surface area contributed by atoms with E-state index in [0.29, 0.717) is 12.5 Å². The van der Waals surface area contributed by atoms with Crippen LogP contribution in [0.3, 0.4) is 0 Å². The van der Waals surface area contributed by atoms with Gasteiger partial charge in [0.25, 0.3) is 0 Å². The number of hydrogen-bond donors (Lipinski definition) is 1. The Morgan fingerprint density at radius 2 is 1.82 bits per heavy atom. The van der Waals surface area contributed by atoms with Crippen LogP contribution in [0.1, 0.15) is 44.7 Å². The van der Waals surface area contributed by atoms with Gasteiger partial charge in [-0.3, -0.25) is 0 Å². The molecule has 0 atom stereocenters. The molecule has 0 saturated carbocycles. The van der Waals surface area contributed by atoms with Gasteiger partial charge in [0.05, 0.1) is 12.6 Å². The van der Waals surface area contributed by atoms with Crippen molar-refractivity contribution in [3.8, 4) is 6.07 Å². The maximum Gasteiger partial charge on any atom is 0.0841 e. The van der Waals surface area contributed by atoms with Gasteiger partial charge in [0, 0.05) is 12.0 Å². The topological polar surface area (TPSA) is 35.8 Å². The third-order valence-corrected chi connectivity index (χ3v) is 3.13. The zero-order valence-electron chi connectivity index (χ0n) is 11.2. The molecule has 0 heterocycles. The molecule has 0 aromatic heterocycles. The van der Waals surface area contributed by atoms with Crippen molar-refractivity contribution in [1.29, 1.82) is 5.26 Å². The van der Waals surface area contributed by atoms with Crippen LogP contribution in [0.2, 0.25) is 0 Å². The fourth-order valence-electron chi connectivity index (χ4n) is 1.85. The number of nitrogens with one attached hydrogen (secondary N) is 1. The van der Waals surface area contributed by atoms with Crippen LogP contribution in [-0.4, -0.2) is 13.1 Å². The molecule has 0 saturated heterocycles. The van der Waals surface area contributed by atoms with Crippen LogP contribution in [-0.2, 0) is 5.41 Å². The second kappa shape index (κ2) is 5.84. The fourth-order valence-corrected chi connectivity index (χ4v) is 1.85. The summed E-state index contributed by atoms with van der Waals surface area (Å²) in [4.78, 5) is 0. The average molecular weight is 230 g/mol. The molecular weight excluding hydrogens is 208 g/mol. The Labute approximate surface area is 105 Å². The first-order valence-corrected chi connectivity index (χ1v) is 6.15. The minimum atomic E-state index is 0.0619. The molecule has 1 aromatic carbocycles. The lowest BCUT2D eigenvalue weighted by Crippen LogP contribution is -2.33. The molecule has 92 valence electrons. The Morgan fingerprint density at radius 3 is 2.29 bits per heavy atom. The molecule has 0 unspecified atom stereocenters. The van der Waals surface area contributed by atoms with Gasteiger partial charge < -0.3 is 5.32 Å². The Hall–Kier alpha value is -1.33. The van der Waals surface area contributed by atoms with Crippen molar-refractivity contribution in [2.45, 2.75) is 39.0 Å².